The molecule has 0 atom stereocenters. The lowest BCUT2D eigenvalue weighted by molar-refractivity contribution is -0.384. The summed E-state index contributed by atoms with van der Waals surface area (Å²) in [6.07, 6.45) is 0. The second-order valence-electron chi connectivity index (χ2n) is 7.34. The van der Waals surface area contributed by atoms with Crippen molar-refractivity contribution in [1.82, 2.24) is 14.8 Å². The maximum Gasteiger partial charge on any atom is 0.301 e. The van der Waals surface area contributed by atoms with Gasteiger partial charge in [0.25, 0.3) is 5.69 Å². The summed E-state index contributed by atoms with van der Waals surface area (Å²) in [5.74, 6) is 0. The quantitative estimate of drug-likeness (QED) is 0.0998. The fourth-order valence-electron chi connectivity index (χ4n) is 3.33. The van der Waals surface area contributed by atoms with Crippen molar-refractivity contribution < 1.29 is 4.92 Å². The van der Waals surface area contributed by atoms with Gasteiger partial charge in [-0.2, -0.15) is 9.80 Å². The van der Waals surface area contributed by atoms with Crippen molar-refractivity contribution in [2.45, 2.75) is 0 Å². The molecular formula is C24H15IN6O3S. The summed E-state index contributed by atoms with van der Waals surface area (Å²) >= 11 is 3.50. The molecule has 1 N–H and O–H groups in total. The number of rotatable bonds is 6. The Balaban J connectivity index is 1.60. The topological polar surface area (TPSA) is 119 Å². The second-order valence-corrected chi connectivity index (χ2v) is 9.42. The Morgan fingerprint density at radius 3 is 2.34 bits per heavy atom. The van der Waals surface area contributed by atoms with E-state index in [0.717, 1.165) is 14.8 Å². The normalized spacial score (nSPS) is 11.2. The van der Waals surface area contributed by atoms with Crippen LogP contribution in [0.15, 0.2) is 99.3 Å². The van der Waals surface area contributed by atoms with Crippen molar-refractivity contribution >= 4 is 51.0 Å². The van der Waals surface area contributed by atoms with E-state index in [1.165, 1.54) is 28.2 Å². The van der Waals surface area contributed by atoms with Crippen LogP contribution in [-0.2, 0) is 0 Å². The molecule has 11 heteroatoms. The summed E-state index contributed by atoms with van der Waals surface area (Å²) in [6, 6.07) is 22.9. The summed E-state index contributed by atoms with van der Waals surface area (Å²) in [5.41, 5.74) is 2.81. The van der Waals surface area contributed by atoms with E-state index in [9.17, 15) is 14.9 Å². The number of aromatic nitrogens is 3. The molecule has 5 rings (SSSR count). The number of hydrogen-bond acceptors (Lipinski definition) is 7. The van der Waals surface area contributed by atoms with Crippen LogP contribution in [0.5, 0.6) is 0 Å². The Morgan fingerprint density at radius 1 is 0.943 bits per heavy atom. The van der Waals surface area contributed by atoms with Crippen LogP contribution in [-0.4, -0.2) is 19.7 Å². The van der Waals surface area contributed by atoms with Gasteiger partial charge in [0.1, 0.15) is 0 Å². The molecule has 0 saturated carbocycles. The third-order valence-electron chi connectivity index (χ3n) is 5.08. The minimum atomic E-state index is -0.476. The number of nitrogens with zero attached hydrogens (tertiary/aromatic N) is 5. The second kappa shape index (κ2) is 9.72. The maximum atomic E-state index is 13.4. The summed E-state index contributed by atoms with van der Waals surface area (Å²) in [6.45, 7) is 0. The molecule has 0 bridgehead atoms. The van der Waals surface area contributed by atoms with Crippen molar-refractivity contribution in [2.75, 3.05) is 0 Å². The van der Waals surface area contributed by atoms with Crippen LogP contribution in [0.3, 0.4) is 0 Å². The van der Waals surface area contributed by atoms with Gasteiger partial charge in [0.15, 0.2) is 5.69 Å². The first-order chi connectivity index (χ1) is 17.0. The first kappa shape index (κ1) is 22.8. The SMILES string of the molecule is O=c1c(N=Nc2ccc(I)cc2)c(-c2ccc([N+](=O)[O-])cc2)[nH]n1-c1nc(-c2ccccc2)cs1. The number of nitrogens with one attached hydrogen (secondary N) is 1. The van der Waals surface area contributed by atoms with E-state index in [1.807, 2.05) is 47.8 Å². The molecule has 0 saturated heterocycles. The Hall–Kier alpha value is -3.97. The molecule has 0 aliphatic rings. The van der Waals surface area contributed by atoms with E-state index in [-0.39, 0.29) is 11.4 Å². The highest BCUT2D eigenvalue weighted by molar-refractivity contribution is 14.1. The average Bonchev–Trinajstić information content (AvgIpc) is 3.49. The third kappa shape index (κ3) is 4.81. The average molecular weight is 594 g/mol. The molecule has 0 fully saturated rings. The fourth-order valence-corrected chi connectivity index (χ4v) is 4.48. The zero-order chi connectivity index (χ0) is 24.4. The van der Waals surface area contributed by atoms with Crippen molar-refractivity contribution in [3.8, 4) is 27.6 Å². The highest BCUT2D eigenvalue weighted by Crippen LogP contribution is 2.31. The molecule has 0 unspecified atom stereocenters. The zero-order valence-electron chi connectivity index (χ0n) is 17.8. The molecule has 0 spiro atoms. The van der Waals surface area contributed by atoms with Crippen LogP contribution in [0, 0.1) is 13.7 Å². The zero-order valence-corrected chi connectivity index (χ0v) is 20.8. The number of non-ortho nitro benzene ring substituents is 1. The molecule has 0 aliphatic carbocycles. The van der Waals surface area contributed by atoms with E-state index < -0.39 is 10.5 Å². The number of hydrogen-bond donors (Lipinski definition) is 1. The van der Waals surface area contributed by atoms with Crippen molar-refractivity contribution in [3.05, 3.63) is 108 Å². The number of halogens is 1. The van der Waals surface area contributed by atoms with Gasteiger partial charge in [0.2, 0.25) is 5.13 Å². The molecular weight excluding hydrogens is 579 g/mol. The maximum absolute atomic E-state index is 13.4. The number of azo groups is 1. The van der Waals surface area contributed by atoms with Gasteiger partial charge in [0.05, 0.1) is 22.0 Å². The predicted octanol–water partition coefficient (Wildman–Crippen LogP) is 6.88. The first-order valence-electron chi connectivity index (χ1n) is 10.3. The number of aromatic amines is 1. The van der Waals surface area contributed by atoms with Gasteiger partial charge in [-0.3, -0.25) is 20.0 Å². The van der Waals surface area contributed by atoms with Crippen LogP contribution >= 0.6 is 33.9 Å². The van der Waals surface area contributed by atoms with Crippen molar-refractivity contribution in [1.29, 1.82) is 0 Å². The highest BCUT2D eigenvalue weighted by Gasteiger charge is 2.20. The van der Waals surface area contributed by atoms with E-state index in [0.29, 0.717) is 22.1 Å². The summed E-state index contributed by atoms with van der Waals surface area (Å²) in [4.78, 5) is 28.6. The lowest BCUT2D eigenvalue weighted by Gasteiger charge is -2.00. The fraction of sp³-hybridized carbons (Fsp3) is 0. The van der Waals surface area contributed by atoms with Gasteiger partial charge in [-0.1, -0.05) is 30.3 Å². The minimum Gasteiger partial charge on any atom is -0.286 e. The lowest BCUT2D eigenvalue weighted by atomic mass is 10.1. The van der Waals surface area contributed by atoms with Crippen LogP contribution in [0.25, 0.3) is 27.6 Å². The van der Waals surface area contributed by atoms with Crippen molar-refractivity contribution in [3.63, 3.8) is 0 Å². The van der Waals surface area contributed by atoms with Crippen LogP contribution < -0.4 is 5.56 Å². The molecule has 0 aliphatic heterocycles. The smallest absolute Gasteiger partial charge is 0.286 e. The van der Waals surface area contributed by atoms with Crippen LogP contribution in [0.4, 0.5) is 17.1 Å². The third-order valence-corrected chi connectivity index (χ3v) is 6.62. The number of benzene rings is 3. The molecule has 0 radical (unpaired) electrons. The molecule has 0 amide bonds. The Bertz CT molecular complexity index is 1590. The number of thiazole rings is 1. The van der Waals surface area contributed by atoms with E-state index in [4.69, 9.17) is 0 Å². The van der Waals surface area contributed by atoms with Gasteiger partial charge in [-0.15, -0.1) is 16.5 Å². The van der Waals surface area contributed by atoms with Gasteiger partial charge in [-0.25, -0.2) is 4.98 Å². The van der Waals surface area contributed by atoms with E-state index >= 15 is 0 Å². The number of nitro groups is 1. The van der Waals surface area contributed by atoms with Gasteiger partial charge in [0, 0.05) is 32.2 Å². The Kier molecular flexibility index (Phi) is 6.33. The number of H-pyrrole nitrogens is 1. The molecule has 35 heavy (non-hydrogen) atoms. The summed E-state index contributed by atoms with van der Waals surface area (Å²) in [5, 5.41) is 24.9. The number of nitro benzene ring substituents is 1. The largest absolute Gasteiger partial charge is 0.301 e. The van der Waals surface area contributed by atoms with Crippen molar-refractivity contribution in [2.24, 2.45) is 10.2 Å². The van der Waals surface area contributed by atoms with Crippen LogP contribution in [0.2, 0.25) is 0 Å². The molecule has 3 aromatic carbocycles. The minimum absolute atomic E-state index is 0.0509. The highest BCUT2D eigenvalue weighted by atomic mass is 127. The molecule has 2 heterocycles. The Labute approximate surface area is 216 Å². The van der Waals surface area contributed by atoms with Crippen LogP contribution in [0.1, 0.15) is 0 Å². The monoisotopic (exact) mass is 594 g/mol. The first-order valence-corrected chi connectivity index (χ1v) is 12.2. The molecule has 2 aromatic heterocycles. The summed E-state index contributed by atoms with van der Waals surface area (Å²) in [7, 11) is 0. The van der Waals surface area contributed by atoms with E-state index in [2.05, 4.69) is 42.9 Å². The lowest BCUT2D eigenvalue weighted by Crippen LogP contribution is -2.13. The predicted molar refractivity (Wildman–Crippen MR) is 143 cm³/mol. The van der Waals surface area contributed by atoms with Gasteiger partial charge >= 0.3 is 5.56 Å². The van der Waals surface area contributed by atoms with Gasteiger partial charge in [-0.05, 0) is 59.0 Å². The summed E-state index contributed by atoms with van der Waals surface area (Å²) < 4.78 is 2.37. The Morgan fingerprint density at radius 2 is 1.66 bits per heavy atom. The molecule has 9 nitrogen and oxygen atoms in total. The molecule has 172 valence electrons. The van der Waals surface area contributed by atoms with E-state index in [1.54, 1.807) is 24.3 Å². The standard InChI is InChI=1S/C24H15IN6O3S/c25-17-8-10-18(11-9-17)27-28-22-21(16-6-12-19(13-7-16)31(33)34)29-30(23(22)32)24-26-20(14-35-24)15-4-2-1-3-5-15/h1-14,29H. The molecule has 5 aromatic rings. The van der Waals surface area contributed by atoms with Gasteiger partial charge < -0.3 is 0 Å².